The first-order chi connectivity index (χ1) is 13.0. The Morgan fingerprint density at radius 1 is 1.33 bits per heavy atom. The molecule has 0 bridgehead atoms. The lowest BCUT2D eigenvalue weighted by molar-refractivity contribution is 0.0941. The van der Waals surface area contributed by atoms with Crippen LogP contribution in [0.2, 0.25) is 0 Å². The zero-order chi connectivity index (χ0) is 19.0. The monoisotopic (exact) mass is 363 g/mol. The van der Waals surface area contributed by atoms with E-state index in [4.69, 9.17) is 4.98 Å². The number of nitrogens with one attached hydrogen (secondary N) is 2. The molecule has 1 unspecified atom stereocenters. The molecule has 1 saturated heterocycles. The smallest absolute Gasteiger partial charge is 0.252 e. The van der Waals surface area contributed by atoms with Crippen LogP contribution in [0.5, 0.6) is 0 Å². The molecule has 27 heavy (non-hydrogen) atoms. The first kappa shape index (κ1) is 17.7. The van der Waals surface area contributed by atoms with E-state index in [-0.39, 0.29) is 18.0 Å². The number of aromatic nitrogens is 3. The van der Waals surface area contributed by atoms with E-state index in [0.717, 1.165) is 47.4 Å². The molecule has 140 valence electrons. The summed E-state index contributed by atoms with van der Waals surface area (Å²) in [6.45, 7) is 7.95. The van der Waals surface area contributed by atoms with Gasteiger partial charge < -0.3 is 10.6 Å². The summed E-state index contributed by atoms with van der Waals surface area (Å²) in [7, 11) is 0. The molecule has 1 aliphatic heterocycles. The maximum absolute atomic E-state index is 13.1. The first-order valence-corrected chi connectivity index (χ1v) is 9.50. The molecule has 3 aromatic rings. The fourth-order valence-corrected chi connectivity index (χ4v) is 3.62. The van der Waals surface area contributed by atoms with Gasteiger partial charge in [0.1, 0.15) is 0 Å². The van der Waals surface area contributed by atoms with Crippen molar-refractivity contribution in [2.45, 2.75) is 39.3 Å². The molecule has 0 radical (unpaired) electrons. The van der Waals surface area contributed by atoms with Crippen LogP contribution in [0.15, 0.2) is 36.5 Å². The van der Waals surface area contributed by atoms with Gasteiger partial charge in [-0.05, 0) is 45.4 Å². The van der Waals surface area contributed by atoms with Gasteiger partial charge in [0.25, 0.3) is 5.91 Å². The molecule has 2 aromatic heterocycles. The Kier molecular flexibility index (Phi) is 4.66. The van der Waals surface area contributed by atoms with Crippen molar-refractivity contribution in [3.63, 3.8) is 0 Å². The Morgan fingerprint density at radius 3 is 2.85 bits per heavy atom. The number of hydrogen-bond donors (Lipinski definition) is 2. The van der Waals surface area contributed by atoms with E-state index in [9.17, 15) is 4.79 Å². The van der Waals surface area contributed by atoms with E-state index in [1.54, 1.807) is 6.20 Å². The molecule has 1 atom stereocenters. The number of fused-ring (bicyclic) bond motifs is 1. The van der Waals surface area contributed by atoms with Gasteiger partial charge >= 0.3 is 0 Å². The molecule has 6 heteroatoms. The lowest BCUT2D eigenvalue weighted by Gasteiger charge is -2.14. The van der Waals surface area contributed by atoms with Crippen LogP contribution in [0.1, 0.15) is 42.2 Å². The summed E-state index contributed by atoms with van der Waals surface area (Å²) < 4.78 is 1.88. The van der Waals surface area contributed by atoms with Crippen LogP contribution < -0.4 is 10.6 Å². The second kappa shape index (κ2) is 7.12. The molecule has 4 rings (SSSR count). The molecule has 3 heterocycles. The zero-order valence-electron chi connectivity index (χ0n) is 16.0. The van der Waals surface area contributed by atoms with E-state index in [2.05, 4.69) is 42.6 Å². The topological polar surface area (TPSA) is 71.8 Å². The molecule has 6 nitrogen and oxygen atoms in total. The summed E-state index contributed by atoms with van der Waals surface area (Å²) in [6.07, 6.45) is 2.71. The second-order valence-corrected chi connectivity index (χ2v) is 7.45. The number of carbonyl (C=O) groups excluding carboxylic acids is 1. The molecule has 1 fully saturated rings. The van der Waals surface area contributed by atoms with Crippen molar-refractivity contribution in [2.75, 3.05) is 13.1 Å². The van der Waals surface area contributed by atoms with Gasteiger partial charge in [-0.15, -0.1) is 0 Å². The third-order valence-electron chi connectivity index (χ3n) is 5.12. The average molecular weight is 363 g/mol. The first-order valence-electron chi connectivity index (χ1n) is 9.50. The van der Waals surface area contributed by atoms with Crippen LogP contribution in [-0.4, -0.2) is 39.8 Å². The van der Waals surface area contributed by atoms with Crippen LogP contribution in [0, 0.1) is 6.92 Å². The predicted molar refractivity (Wildman–Crippen MR) is 107 cm³/mol. The summed E-state index contributed by atoms with van der Waals surface area (Å²) >= 11 is 0. The number of pyridine rings is 1. The Labute approximate surface area is 159 Å². The van der Waals surface area contributed by atoms with Crippen molar-refractivity contribution < 1.29 is 4.79 Å². The minimum atomic E-state index is -0.0609. The van der Waals surface area contributed by atoms with Crippen molar-refractivity contribution in [2.24, 2.45) is 0 Å². The number of benzene rings is 1. The third-order valence-corrected chi connectivity index (χ3v) is 5.12. The molecule has 0 spiro atoms. The van der Waals surface area contributed by atoms with E-state index in [1.165, 1.54) is 0 Å². The van der Waals surface area contributed by atoms with Gasteiger partial charge in [0.15, 0.2) is 5.65 Å². The number of rotatable bonds is 4. The Morgan fingerprint density at radius 2 is 2.15 bits per heavy atom. The maximum atomic E-state index is 13.1. The van der Waals surface area contributed by atoms with Crippen LogP contribution in [-0.2, 0) is 0 Å². The average Bonchev–Trinajstić information content (AvgIpc) is 3.30. The molecular weight excluding hydrogens is 338 g/mol. The largest absolute Gasteiger partial charge is 0.348 e. The fourth-order valence-electron chi connectivity index (χ4n) is 3.62. The van der Waals surface area contributed by atoms with Gasteiger partial charge in [-0.1, -0.05) is 24.3 Å². The summed E-state index contributed by atoms with van der Waals surface area (Å²) in [5, 5.41) is 11.7. The van der Waals surface area contributed by atoms with Crippen LogP contribution in [0.25, 0.3) is 22.3 Å². The van der Waals surface area contributed by atoms with Gasteiger partial charge in [0, 0.05) is 24.2 Å². The molecule has 1 aromatic carbocycles. The third kappa shape index (κ3) is 3.32. The molecule has 0 aliphatic carbocycles. The normalized spacial score (nSPS) is 17.0. The highest BCUT2D eigenvalue weighted by atomic mass is 16.1. The summed E-state index contributed by atoms with van der Waals surface area (Å²) in [4.78, 5) is 17.9. The van der Waals surface area contributed by atoms with Crippen molar-refractivity contribution >= 4 is 16.9 Å². The van der Waals surface area contributed by atoms with Crippen molar-refractivity contribution in [3.8, 4) is 11.3 Å². The van der Waals surface area contributed by atoms with E-state index >= 15 is 0 Å². The zero-order valence-corrected chi connectivity index (χ0v) is 16.0. The van der Waals surface area contributed by atoms with Gasteiger partial charge in [0.05, 0.1) is 22.8 Å². The van der Waals surface area contributed by atoms with Crippen molar-refractivity contribution in [1.29, 1.82) is 0 Å². The molecule has 1 amide bonds. The fraction of sp³-hybridized carbons (Fsp3) is 0.381. The Bertz CT molecular complexity index is 985. The van der Waals surface area contributed by atoms with Gasteiger partial charge in [-0.2, -0.15) is 5.10 Å². The number of hydrogen-bond acceptors (Lipinski definition) is 4. The van der Waals surface area contributed by atoms with Crippen LogP contribution in [0.3, 0.4) is 0 Å². The van der Waals surface area contributed by atoms with Crippen LogP contribution >= 0.6 is 0 Å². The van der Waals surface area contributed by atoms with Gasteiger partial charge in [0.2, 0.25) is 0 Å². The summed E-state index contributed by atoms with van der Waals surface area (Å²) in [5.74, 6) is -0.0609. The Balaban J connectivity index is 1.85. The maximum Gasteiger partial charge on any atom is 0.252 e. The predicted octanol–water partition coefficient (Wildman–Crippen LogP) is 3.08. The standard InChI is InChI=1S/C21H25N5O/c1-13(2)26-20-18(12-23-26)17(21(27)24-15-8-9-22-11-15)10-19(25-20)16-7-5-4-6-14(16)3/h4-7,10,12-13,15,22H,8-9,11H2,1-3H3,(H,24,27). The molecule has 0 saturated carbocycles. The lowest BCUT2D eigenvalue weighted by Crippen LogP contribution is -2.36. The number of amides is 1. The highest BCUT2D eigenvalue weighted by Crippen LogP contribution is 2.28. The van der Waals surface area contributed by atoms with Gasteiger partial charge in [-0.25, -0.2) is 9.67 Å². The van der Waals surface area contributed by atoms with Crippen molar-refractivity contribution in [3.05, 3.63) is 47.7 Å². The summed E-state index contributed by atoms with van der Waals surface area (Å²) in [6, 6.07) is 10.3. The van der Waals surface area contributed by atoms with Crippen molar-refractivity contribution in [1.82, 2.24) is 25.4 Å². The second-order valence-electron chi connectivity index (χ2n) is 7.45. The lowest BCUT2D eigenvalue weighted by atomic mass is 10.0. The van der Waals surface area contributed by atoms with E-state index < -0.39 is 0 Å². The minimum Gasteiger partial charge on any atom is -0.348 e. The van der Waals surface area contributed by atoms with Gasteiger partial charge in [-0.3, -0.25) is 4.79 Å². The number of aryl methyl sites for hydroxylation is 1. The number of nitrogens with zero attached hydrogens (tertiary/aromatic N) is 3. The highest BCUT2D eigenvalue weighted by molar-refractivity contribution is 6.06. The summed E-state index contributed by atoms with van der Waals surface area (Å²) in [5.41, 5.74) is 4.36. The number of carbonyl (C=O) groups is 1. The van der Waals surface area contributed by atoms with Crippen LogP contribution in [0.4, 0.5) is 0 Å². The molecule has 2 N–H and O–H groups in total. The SMILES string of the molecule is Cc1ccccc1-c1cc(C(=O)NC2CCNC2)c2cnn(C(C)C)c2n1. The van der Waals surface area contributed by atoms with E-state index in [1.807, 2.05) is 28.9 Å². The Hall–Kier alpha value is -2.73. The quantitative estimate of drug-likeness (QED) is 0.747. The highest BCUT2D eigenvalue weighted by Gasteiger charge is 2.22. The van der Waals surface area contributed by atoms with E-state index in [0.29, 0.717) is 5.56 Å². The molecular formula is C21H25N5O. The minimum absolute atomic E-state index is 0.0609. The molecule has 1 aliphatic rings.